The van der Waals surface area contributed by atoms with Gasteiger partial charge in [-0.2, -0.15) is 0 Å². The van der Waals surface area contributed by atoms with Crippen molar-refractivity contribution in [3.63, 3.8) is 0 Å². The Hall–Kier alpha value is -2.15. The number of benzene rings is 2. The van der Waals surface area contributed by atoms with Crippen molar-refractivity contribution in [1.82, 2.24) is 0 Å². The molecule has 25 heavy (non-hydrogen) atoms. The maximum Gasteiger partial charge on any atom is 0.0451 e. The van der Waals surface area contributed by atoms with Crippen molar-refractivity contribution < 1.29 is 0 Å². The van der Waals surface area contributed by atoms with Gasteiger partial charge < -0.3 is 5.41 Å². The molecule has 1 N–H and O–H groups in total. The van der Waals surface area contributed by atoms with Gasteiger partial charge in [0.25, 0.3) is 0 Å². The van der Waals surface area contributed by atoms with Gasteiger partial charge in [0.2, 0.25) is 0 Å². The van der Waals surface area contributed by atoms with E-state index in [-0.39, 0.29) is 5.41 Å². The Morgan fingerprint density at radius 2 is 1.56 bits per heavy atom. The Labute approximate surface area is 152 Å². The Morgan fingerprint density at radius 1 is 0.920 bits per heavy atom. The molecule has 1 unspecified atom stereocenters. The van der Waals surface area contributed by atoms with Crippen molar-refractivity contribution in [3.05, 3.63) is 64.2 Å². The molecular weight excluding hydrogens is 302 g/mol. The fourth-order valence-electron chi connectivity index (χ4n) is 3.94. The number of allylic oxidation sites excluding steroid dienone is 4. The summed E-state index contributed by atoms with van der Waals surface area (Å²) in [6.07, 6.45) is 0. The number of rotatable bonds is 2. The first-order valence-corrected chi connectivity index (χ1v) is 9.14. The van der Waals surface area contributed by atoms with Gasteiger partial charge in [-0.1, -0.05) is 69.7 Å². The van der Waals surface area contributed by atoms with Crippen LogP contribution in [0.5, 0.6) is 0 Å². The lowest BCUT2D eigenvalue weighted by Crippen LogP contribution is -2.22. The molecule has 1 nitrogen and oxygen atoms in total. The highest BCUT2D eigenvalue weighted by Gasteiger charge is 2.30. The molecule has 0 saturated heterocycles. The van der Waals surface area contributed by atoms with Crippen LogP contribution in [0.15, 0.2) is 53.1 Å². The predicted octanol–water partition coefficient (Wildman–Crippen LogP) is 7.01. The largest absolute Gasteiger partial charge is 0.304 e. The lowest BCUT2D eigenvalue weighted by Gasteiger charge is -2.26. The van der Waals surface area contributed by atoms with Gasteiger partial charge in [-0.3, -0.25) is 0 Å². The van der Waals surface area contributed by atoms with Crippen molar-refractivity contribution in [2.75, 3.05) is 0 Å². The second-order valence-corrected chi connectivity index (χ2v) is 8.40. The Kier molecular flexibility index (Phi) is 4.23. The highest BCUT2D eigenvalue weighted by molar-refractivity contribution is 6.15. The molecule has 0 heterocycles. The summed E-state index contributed by atoms with van der Waals surface area (Å²) < 4.78 is 0. The van der Waals surface area contributed by atoms with E-state index in [0.29, 0.717) is 11.6 Å². The molecule has 3 rings (SSSR count). The van der Waals surface area contributed by atoms with Gasteiger partial charge in [-0.25, -0.2) is 0 Å². The summed E-state index contributed by atoms with van der Waals surface area (Å²) in [6.45, 7) is 15.4. The zero-order chi connectivity index (χ0) is 18.5. The molecule has 0 aromatic heterocycles. The summed E-state index contributed by atoms with van der Waals surface area (Å²) in [5, 5.41) is 11.4. The first-order chi connectivity index (χ1) is 11.6. The summed E-state index contributed by atoms with van der Waals surface area (Å²) in [4.78, 5) is 0. The van der Waals surface area contributed by atoms with Crippen LogP contribution in [0.2, 0.25) is 0 Å². The Bertz CT molecular complexity index is 932. The minimum Gasteiger partial charge on any atom is -0.304 e. The summed E-state index contributed by atoms with van der Waals surface area (Å²) >= 11 is 0. The fraction of sp³-hybridized carbons (Fsp3) is 0.375. The molecule has 1 aliphatic rings. The van der Waals surface area contributed by atoms with Crippen molar-refractivity contribution in [2.45, 2.75) is 48.5 Å². The van der Waals surface area contributed by atoms with E-state index in [2.05, 4.69) is 84.9 Å². The van der Waals surface area contributed by atoms with E-state index in [9.17, 15) is 0 Å². The topological polar surface area (TPSA) is 23.9 Å². The molecule has 2 aromatic rings. The highest BCUT2D eigenvalue weighted by Crippen LogP contribution is 2.45. The quantitative estimate of drug-likeness (QED) is 0.572. The van der Waals surface area contributed by atoms with Crippen molar-refractivity contribution in [1.29, 1.82) is 5.41 Å². The van der Waals surface area contributed by atoms with Gasteiger partial charge in [-0.15, -0.1) is 0 Å². The van der Waals surface area contributed by atoms with Crippen LogP contribution in [0.1, 0.15) is 59.6 Å². The molecule has 0 radical (unpaired) electrons. The van der Waals surface area contributed by atoms with Gasteiger partial charge in [0.05, 0.1) is 0 Å². The van der Waals surface area contributed by atoms with Gasteiger partial charge in [0.1, 0.15) is 0 Å². The van der Waals surface area contributed by atoms with Crippen LogP contribution in [0.4, 0.5) is 0 Å². The lowest BCUT2D eigenvalue weighted by molar-refractivity contribution is 0.589. The van der Waals surface area contributed by atoms with Crippen LogP contribution in [-0.2, 0) is 0 Å². The second kappa shape index (κ2) is 5.98. The minimum absolute atomic E-state index is 0.188. The van der Waals surface area contributed by atoms with Gasteiger partial charge in [0.15, 0.2) is 0 Å². The number of hydrogen-bond donors (Lipinski definition) is 1. The van der Waals surface area contributed by atoms with Crippen LogP contribution in [-0.4, -0.2) is 5.71 Å². The van der Waals surface area contributed by atoms with Crippen LogP contribution in [0.25, 0.3) is 16.3 Å². The molecule has 0 spiro atoms. The van der Waals surface area contributed by atoms with E-state index in [1.165, 1.54) is 38.6 Å². The van der Waals surface area contributed by atoms with Crippen molar-refractivity contribution in [3.8, 4) is 0 Å². The van der Waals surface area contributed by atoms with E-state index >= 15 is 0 Å². The molecule has 1 atom stereocenters. The molecule has 2 aromatic carbocycles. The summed E-state index contributed by atoms with van der Waals surface area (Å²) in [6, 6.07) is 12.9. The maximum atomic E-state index is 8.96. The Balaban J connectivity index is 2.36. The minimum atomic E-state index is -0.188. The van der Waals surface area contributed by atoms with Gasteiger partial charge in [-0.05, 0) is 53.8 Å². The first-order valence-electron chi connectivity index (χ1n) is 9.14. The standard InChI is InChI=1S/C24H29N/c1-14-15(2)17(4)21(16(14)3)20-13-12-18-10-8-9-11-19(18)22(20)23(25)24(5,6)7/h8-13,16,25H,1-7H3. The predicted molar refractivity (Wildman–Crippen MR) is 110 cm³/mol. The average Bonchev–Trinajstić information content (AvgIpc) is 2.76. The molecule has 1 aliphatic carbocycles. The number of fused-ring (bicyclic) bond motifs is 1. The summed E-state index contributed by atoms with van der Waals surface area (Å²) in [5.41, 5.74) is 8.50. The van der Waals surface area contributed by atoms with Crippen LogP contribution in [0, 0.1) is 16.7 Å². The molecule has 0 amide bonds. The van der Waals surface area contributed by atoms with Crippen molar-refractivity contribution >= 4 is 22.1 Å². The monoisotopic (exact) mass is 331 g/mol. The Morgan fingerprint density at radius 3 is 2.12 bits per heavy atom. The van der Waals surface area contributed by atoms with E-state index in [1.807, 2.05) is 0 Å². The first kappa shape index (κ1) is 17.7. The van der Waals surface area contributed by atoms with Crippen LogP contribution in [0.3, 0.4) is 0 Å². The van der Waals surface area contributed by atoms with E-state index in [0.717, 1.165) is 5.56 Å². The average molecular weight is 332 g/mol. The molecule has 0 fully saturated rings. The summed E-state index contributed by atoms with van der Waals surface area (Å²) in [7, 11) is 0. The number of hydrogen-bond acceptors (Lipinski definition) is 1. The second-order valence-electron chi connectivity index (χ2n) is 8.40. The highest BCUT2D eigenvalue weighted by atomic mass is 14.5. The molecular formula is C24H29N. The van der Waals surface area contributed by atoms with Crippen LogP contribution < -0.4 is 0 Å². The van der Waals surface area contributed by atoms with Crippen LogP contribution >= 0.6 is 0 Å². The molecule has 130 valence electrons. The third kappa shape index (κ3) is 2.76. The maximum absolute atomic E-state index is 8.96. The van der Waals surface area contributed by atoms with E-state index in [4.69, 9.17) is 5.41 Å². The smallest absolute Gasteiger partial charge is 0.0451 e. The lowest BCUT2D eigenvalue weighted by atomic mass is 9.78. The van der Waals surface area contributed by atoms with E-state index in [1.54, 1.807) is 0 Å². The molecule has 0 saturated carbocycles. The van der Waals surface area contributed by atoms with E-state index < -0.39 is 0 Å². The zero-order valence-corrected chi connectivity index (χ0v) is 16.5. The van der Waals surface area contributed by atoms with Gasteiger partial charge >= 0.3 is 0 Å². The van der Waals surface area contributed by atoms with Crippen molar-refractivity contribution in [2.24, 2.45) is 11.3 Å². The molecule has 1 heteroatoms. The SMILES string of the molecule is CC1=C(C)C(C)C(c2ccc3ccccc3c2C(=N)C(C)(C)C)=C1C. The fourth-order valence-corrected chi connectivity index (χ4v) is 3.94. The molecule has 0 bridgehead atoms. The third-order valence-electron chi connectivity index (χ3n) is 5.86. The normalized spacial score (nSPS) is 18.4. The third-order valence-corrected chi connectivity index (χ3v) is 5.86. The van der Waals surface area contributed by atoms with Gasteiger partial charge in [0, 0.05) is 22.6 Å². The number of nitrogens with one attached hydrogen (secondary N) is 1. The summed E-state index contributed by atoms with van der Waals surface area (Å²) in [5.74, 6) is 0.410. The molecule has 0 aliphatic heterocycles. The zero-order valence-electron chi connectivity index (χ0n) is 16.5.